The number of rotatable bonds is 7. The van der Waals surface area contributed by atoms with Gasteiger partial charge < -0.3 is 4.74 Å². The van der Waals surface area contributed by atoms with Crippen LogP contribution in [0.4, 0.5) is 13.2 Å². The summed E-state index contributed by atoms with van der Waals surface area (Å²) in [4.78, 5) is 12.5. The number of hydrogen-bond acceptors (Lipinski definition) is 3. The number of halogens is 3. The standard InChI is InChI=1S/C11H20F3NO2/c1-4-6-15(8-11(12,13)14)9(3)7-10(16)17-5-2/h9H,4-8H2,1-3H3. The second-order valence-electron chi connectivity index (χ2n) is 3.94. The van der Waals surface area contributed by atoms with Crippen molar-refractivity contribution in [1.29, 1.82) is 0 Å². The molecule has 0 heterocycles. The summed E-state index contributed by atoms with van der Waals surface area (Å²) in [6, 6.07) is -0.462. The lowest BCUT2D eigenvalue weighted by Gasteiger charge is -2.28. The van der Waals surface area contributed by atoms with Crippen molar-refractivity contribution in [3.05, 3.63) is 0 Å². The minimum absolute atomic E-state index is 0.0100. The van der Waals surface area contributed by atoms with E-state index in [0.29, 0.717) is 13.0 Å². The lowest BCUT2D eigenvalue weighted by molar-refractivity contribution is -0.156. The van der Waals surface area contributed by atoms with E-state index >= 15 is 0 Å². The molecule has 0 aliphatic carbocycles. The van der Waals surface area contributed by atoms with E-state index in [-0.39, 0.29) is 13.0 Å². The molecule has 0 spiro atoms. The Morgan fingerprint density at radius 3 is 2.35 bits per heavy atom. The molecule has 0 aromatic rings. The summed E-state index contributed by atoms with van der Waals surface area (Å²) in [5, 5.41) is 0. The fourth-order valence-corrected chi connectivity index (χ4v) is 1.56. The summed E-state index contributed by atoms with van der Waals surface area (Å²) >= 11 is 0. The van der Waals surface area contributed by atoms with Gasteiger partial charge in [-0.05, 0) is 26.8 Å². The van der Waals surface area contributed by atoms with Crippen LogP contribution in [0.15, 0.2) is 0 Å². The topological polar surface area (TPSA) is 29.5 Å². The summed E-state index contributed by atoms with van der Waals surface area (Å²) < 4.78 is 41.7. The number of nitrogens with zero attached hydrogens (tertiary/aromatic N) is 1. The molecule has 17 heavy (non-hydrogen) atoms. The highest BCUT2D eigenvalue weighted by Crippen LogP contribution is 2.19. The Hall–Kier alpha value is -0.780. The van der Waals surface area contributed by atoms with Gasteiger partial charge in [0, 0.05) is 6.04 Å². The van der Waals surface area contributed by atoms with E-state index in [0.717, 1.165) is 0 Å². The average molecular weight is 255 g/mol. The molecule has 0 rings (SSSR count). The van der Waals surface area contributed by atoms with Crippen LogP contribution < -0.4 is 0 Å². The highest BCUT2D eigenvalue weighted by atomic mass is 19.4. The number of carbonyl (C=O) groups is 1. The van der Waals surface area contributed by atoms with Crippen LogP contribution in [0.25, 0.3) is 0 Å². The molecule has 0 bridgehead atoms. The first kappa shape index (κ1) is 16.2. The van der Waals surface area contributed by atoms with Gasteiger partial charge in [-0.25, -0.2) is 0 Å². The largest absolute Gasteiger partial charge is 0.466 e. The molecule has 3 nitrogen and oxygen atoms in total. The van der Waals surface area contributed by atoms with Crippen molar-refractivity contribution < 1.29 is 22.7 Å². The molecule has 0 amide bonds. The second-order valence-corrected chi connectivity index (χ2v) is 3.94. The van der Waals surface area contributed by atoms with Crippen LogP contribution in [0.5, 0.6) is 0 Å². The van der Waals surface area contributed by atoms with Crippen LogP contribution in [-0.2, 0) is 9.53 Å². The van der Waals surface area contributed by atoms with Crippen LogP contribution in [0, 0.1) is 0 Å². The molecule has 102 valence electrons. The van der Waals surface area contributed by atoms with Gasteiger partial charge in [-0.2, -0.15) is 13.2 Å². The molecule has 0 N–H and O–H groups in total. The highest BCUT2D eigenvalue weighted by molar-refractivity contribution is 5.70. The first-order valence-electron chi connectivity index (χ1n) is 5.76. The Kier molecular flexibility index (Phi) is 7.18. The molecule has 0 aromatic heterocycles. The van der Waals surface area contributed by atoms with Crippen molar-refractivity contribution >= 4 is 5.97 Å². The molecule has 0 aliphatic heterocycles. The first-order valence-corrected chi connectivity index (χ1v) is 5.76. The van der Waals surface area contributed by atoms with Gasteiger partial charge in [0.25, 0.3) is 0 Å². The Morgan fingerprint density at radius 1 is 1.35 bits per heavy atom. The molecule has 0 saturated heterocycles. The van der Waals surface area contributed by atoms with Crippen molar-refractivity contribution in [3.8, 4) is 0 Å². The lowest BCUT2D eigenvalue weighted by atomic mass is 10.2. The quantitative estimate of drug-likeness (QED) is 0.655. The minimum atomic E-state index is -4.24. The maximum absolute atomic E-state index is 12.3. The third kappa shape index (κ3) is 8.01. The number of esters is 1. The average Bonchev–Trinajstić information content (AvgIpc) is 2.15. The van der Waals surface area contributed by atoms with Gasteiger partial charge in [0.05, 0.1) is 19.6 Å². The van der Waals surface area contributed by atoms with Crippen molar-refractivity contribution in [2.45, 2.75) is 45.8 Å². The lowest BCUT2D eigenvalue weighted by Crippen LogP contribution is -2.42. The molecule has 0 aromatic carbocycles. The van der Waals surface area contributed by atoms with Gasteiger partial charge in [-0.15, -0.1) is 0 Å². The smallest absolute Gasteiger partial charge is 0.401 e. The van der Waals surface area contributed by atoms with Gasteiger partial charge in [0.1, 0.15) is 0 Å². The van der Waals surface area contributed by atoms with Crippen molar-refractivity contribution in [2.75, 3.05) is 19.7 Å². The Labute approximate surface area is 99.9 Å². The van der Waals surface area contributed by atoms with Crippen LogP contribution in [0.1, 0.15) is 33.6 Å². The minimum Gasteiger partial charge on any atom is -0.466 e. The molecular weight excluding hydrogens is 235 g/mol. The molecule has 0 saturated carbocycles. The Morgan fingerprint density at radius 2 is 1.94 bits per heavy atom. The highest BCUT2D eigenvalue weighted by Gasteiger charge is 2.32. The number of hydrogen-bond donors (Lipinski definition) is 0. The van der Waals surface area contributed by atoms with Gasteiger partial charge in [0.15, 0.2) is 0 Å². The maximum atomic E-state index is 12.3. The summed E-state index contributed by atoms with van der Waals surface area (Å²) in [6.07, 6.45) is -3.63. The molecule has 6 heteroatoms. The Balaban J connectivity index is 4.33. The third-order valence-electron chi connectivity index (χ3n) is 2.28. The fraction of sp³-hybridized carbons (Fsp3) is 0.909. The summed E-state index contributed by atoms with van der Waals surface area (Å²) in [5.41, 5.74) is 0. The summed E-state index contributed by atoms with van der Waals surface area (Å²) in [7, 11) is 0. The third-order valence-corrected chi connectivity index (χ3v) is 2.28. The fourth-order valence-electron chi connectivity index (χ4n) is 1.56. The second kappa shape index (κ2) is 7.53. The molecule has 1 unspecified atom stereocenters. The zero-order chi connectivity index (χ0) is 13.5. The summed E-state index contributed by atoms with van der Waals surface area (Å²) in [5.74, 6) is -0.455. The maximum Gasteiger partial charge on any atom is 0.401 e. The number of carbonyl (C=O) groups excluding carboxylic acids is 1. The molecule has 1 atom stereocenters. The predicted octanol–water partition coefficient (Wildman–Crippen LogP) is 2.60. The van der Waals surface area contributed by atoms with E-state index < -0.39 is 24.7 Å². The monoisotopic (exact) mass is 255 g/mol. The van der Waals surface area contributed by atoms with Gasteiger partial charge in [-0.3, -0.25) is 9.69 Å². The zero-order valence-electron chi connectivity index (χ0n) is 10.5. The van der Waals surface area contributed by atoms with E-state index in [9.17, 15) is 18.0 Å². The van der Waals surface area contributed by atoms with Crippen molar-refractivity contribution in [3.63, 3.8) is 0 Å². The van der Waals surface area contributed by atoms with E-state index in [2.05, 4.69) is 0 Å². The molecule has 0 aliphatic rings. The predicted molar refractivity (Wildman–Crippen MR) is 58.6 cm³/mol. The van der Waals surface area contributed by atoms with Crippen LogP contribution in [-0.4, -0.2) is 42.8 Å². The molecular formula is C11H20F3NO2. The van der Waals surface area contributed by atoms with Crippen LogP contribution in [0.3, 0.4) is 0 Å². The van der Waals surface area contributed by atoms with Crippen molar-refractivity contribution in [2.24, 2.45) is 0 Å². The van der Waals surface area contributed by atoms with E-state index in [4.69, 9.17) is 4.74 Å². The normalized spacial score (nSPS) is 13.8. The molecule has 0 fully saturated rings. The van der Waals surface area contributed by atoms with Crippen LogP contribution >= 0.6 is 0 Å². The van der Waals surface area contributed by atoms with E-state index in [1.54, 1.807) is 20.8 Å². The first-order chi connectivity index (χ1) is 7.80. The number of ether oxygens (including phenoxy) is 1. The van der Waals surface area contributed by atoms with Gasteiger partial charge in [-0.1, -0.05) is 6.92 Å². The van der Waals surface area contributed by atoms with Crippen LogP contribution in [0.2, 0.25) is 0 Å². The van der Waals surface area contributed by atoms with Gasteiger partial charge >= 0.3 is 12.1 Å². The molecule has 0 radical (unpaired) electrons. The van der Waals surface area contributed by atoms with Crippen molar-refractivity contribution in [1.82, 2.24) is 4.90 Å². The van der Waals surface area contributed by atoms with E-state index in [1.165, 1.54) is 4.90 Å². The zero-order valence-corrected chi connectivity index (χ0v) is 10.5. The summed E-state index contributed by atoms with van der Waals surface area (Å²) in [6.45, 7) is 4.67. The van der Waals surface area contributed by atoms with Gasteiger partial charge in [0.2, 0.25) is 0 Å². The SMILES string of the molecule is CCCN(CC(F)(F)F)C(C)CC(=O)OCC. The van der Waals surface area contributed by atoms with E-state index in [1.807, 2.05) is 0 Å². The number of alkyl halides is 3. The Bertz CT molecular complexity index is 231.